The number of amides is 1. The number of carbonyl (C=O) groups excluding carboxylic acids is 5. The predicted molar refractivity (Wildman–Crippen MR) is 239 cm³/mol. The highest BCUT2D eigenvalue weighted by molar-refractivity contribution is 7.99. The Kier molecular flexibility index (Phi) is 20.5. The monoisotopic (exact) mass is 905 g/mol. The molecule has 15 heteroatoms. The van der Waals surface area contributed by atoms with E-state index in [1.807, 2.05) is 39.8 Å². The minimum atomic E-state index is -2.53. The molecule has 356 valence electrons. The Hall–Kier alpha value is -2.92. The maximum atomic E-state index is 14.5. The van der Waals surface area contributed by atoms with Gasteiger partial charge in [-0.3, -0.25) is 19.2 Å². The first-order chi connectivity index (χ1) is 29.9. The van der Waals surface area contributed by atoms with Crippen LogP contribution in [0.15, 0.2) is 36.0 Å². The molecule has 0 aromatic rings. The van der Waals surface area contributed by atoms with Crippen LogP contribution in [-0.2, 0) is 52.4 Å². The van der Waals surface area contributed by atoms with E-state index in [1.165, 1.54) is 30.9 Å². The minimum absolute atomic E-state index is 0.00166. The number of fused-ring (bicyclic) bond motifs is 3. The molecule has 4 rings (SSSR count). The molecule has 2 N–H and O–H groups in total. The summed E-state index contributed by atoms with van der Waals surface area (Å²) in [7, 11) is 4.64. The molecular weight excluding hydrogens is 831 g/mol. The highest BCUT2D eigenvalue weighted by Crippen LogP contribution is 2.39. The highest BCUT2D eigenvalue weighted by Gasteiger charge is 2.56. The van der Waals surface area contributed by atoms with Crippen LogP contribution in [0.25, 0.3) is 0 Å². The number of allylic oxidation sites excluding steroid dienone is 4. The van der Waals surface area contributed by atoms with Crippen molar-refractivity contribution < 1.29 is 62.6 Å². The number of carbonyl (C=O) groups is 5. The molecule has 3 aliphatic heterocycles. The number of nitrogens with zero attached hydrogens (tertiary/aromatic N) is 1. The molecule has 3 fully saturated rings. The first-order valence-corrected chi connectivity index (χ1v) is 24.1. The number of rotatable bonds is 11. The SMILES string of the molecule is C=CC[C@@H]1/C=C(\C)C[C@H](C)C[C@H](OC)[C@H]2O[C@@](O)(C(=O)C(=O)N3CCCC[C@H]3C(=O)O[C@H](/C(C)=C\[C@@H]3CC[C@@H](OC(=O)CSCC)[C@H](OC)C3)[C@H](C)[C@@H](O)CC1=O)[C@H](C)C[C@@H]2OC. The number of methoxy groups -OCH3 is 3. The topological polar surface area (TPSA) is 184 Å². The first-order valence-electron chi connectivity index (χ1n) is 22.9. The zero-order chi connectivity index (χ0) is 46.6. The summed E-state index contributed by atoms with van der Waals surface area (Å²) in [5, 5.41) is 23.9. The molecule has 14 atom stereocenters. The van der Waals surface area contributed by atoms with E-state index in [0.29, 0.717) is 56.9 Å². The van der Waals surface area contributed by atoms with Crippen LogP contribution in [0.5, 0.6) is 0 Å². The zero-order valence-corrected chi connectivity index (χ0v) is 39.9. The fraction of sp³-hybridized carbons (Fsp3) is 0.771. The lowest BCUT2D eigenvalue weighted by Crippen LogP contribution is -2.64. The maximum Gasteiger partial charge on any atom is 0.329 e. The molecule has 4 aliphatic rings. The van der Waals surface area contributed by atoms with Gasteiger partial charge in [0.2, 0.25) is 5.79 Å². The standard InChI is InChI=1S/C48H75NO13S/c1-11-15-34-21-28(3)20-29(4)22-40(58-9)44-41(59-10)24-31(6)48(56,62-44)45(53)46(54)49-19-14-13-16-35(49)47(55)61-43(32(7)36(50)26-37(34)51)30(5)23-33-17-18-38(39(25-33)57-8)60-42(52)27-63-12-2/h11,21,23,29,31-36,38-41,43-44,50,56H,1,12-20,22,24-27H2,2-10H3/b28-21+,30-23-/t29-,31+,32+,33-,34+,35-,36-,38+,39+,40-,41-,43+,44+,48+/m0/s1. The van der Waals surface area contributed by atoms with E-state index < -0.39 is 83.9 Å². The van der Waals surface area contributed by atoms with Crippen molar-refractivity contribution in [3.05, 3.63) is 36.0 Å². The van der Waals surface area contributed by atoms with E-state index in [-0.39, 0.29) is 61.3 Å². The Bertz CT molecular complexity index is 1650. The summed E-state index contributed by atoms with van der Waals surface area (Å²) in [6, 6.07) is -1.16. The van der Waals surface area contributed by atoms with Gasteiger partial charge in [0.25, 0.3) is 11.7 Å². The summed E-state index contributed by atoms with van der Waals surface area (Å²) in [6.45, 7) is 15.1. The molecule has 0 spiro atoms. The molecule has 0 radical (unpaired) electrons. The van der Waals surface area contributed by atoms with Crippen molar-refractivity contribution in [2.75, 3.05) is 39.4 Å². The van der Waals surface area contributed by atoms with Crippen molar-refractivity contribution in [2.45, 2.75) is 167 Å². The molecule has 2 saturated heterocycles. The molecule has 1 amide bonds. The quantitative estimate of drug-likeness (QED) is 0.141. The van der Waals surface area contributed by atoms with Crippen molar-refractivity contribution in [2.24, 2.45) is 29.6 Å². The average Bonchev–Trinajstić information content (AvgIpc) is 3.26. The number of ketones is 2. The van der Waals surface area contributed by atoms with Gasteiger partial charge in [0, 0.05) is 52.0 Å². The lowest BCUT2D eigenvalue weighted by molar-refractivity contribution is -0.302. The summed E-state index contributed by atoms with van der Waals surface area (Å²) in [5.41, 5.74) is 1.59. The van der Waals surface area contributed by atoms with E-state index in [0.717, 1.165) is 11.3 Å². The van der Waals surface area contributed by atoms with Gasteiger partial charge < -0.3 is 43.5 Å². The number of aliphatic hydroxyl groups is 2. The van der Waals surface area contributed by atoms with E-state index in [2.05, 4.69) is 6.58 Å². The number of esters is 2. The second-order valence-electron chi connectivity index (χ2n) is 18.4. The van der Waals surface area contributed by atoms with Crippen LogP contribution in [0.4, 0.5) is 0 Å². The number of piperidine rings is 1. The van der Waals surface area contributed by atoms with E-state index >= 15 is 0 Å². The molecule has 2 bridgehead atoms. The van der Waals surface area contributed by atoms with Crippen LogP contribution in [0.2, 0.25) is 0 Å². The van der Waals surface area contributed by atoms with Gasteiger partial charge >= 0.3 is 11.9 Å². The van der Waals surface area contributed by atoms with Gasteiger partial charge in [-0.2, -0.15) is 11.8 Å². The van der Waals surface area contributed by atoms with Gasteiger partial charge in [-0.1, -0.05) is 51.5 Å². The third-order valence-electron chi connectivity index (χ3n) is 13.6. The summed E-state index contributed by atoms with van der Waals surface area (Å²) >= 11 is 1.49. The van der Waals surface area contributed by atoms with Crippen LogP contribution in [0.3, 0.4) is 0 Å². The van der Waals surface area contributed by atoms with Crippen molar-refractivity contribution in [1.29, 1.82) is 0 Å². The molecule has 14 nitrogen and oxygen atoms in total. The van der Waals surface area contributed by atoms with Crippen molar-refractivity contribution in [3.63, 3.8) is 0 Å². The second-order valence-corrected chi connectivity index (χ2v) is 19.6. The largest absolute Gasteiger partial charge is 0.459 e. The fourth-order valence-electron chi connectivity index (χ4n) is 9.93. The van der Waals surface area contributed by atoms with Gasteiger partial charge in [0.1, 0.15) is 30.1 Å². The third kappa shape index (κ3) is 13.6. The van der Waals surface area contributed by atoms with Crippen molar-refractivity contribution in [1.82, 2.24) is 4.90 Å². The molecule has 63 heavy (non-hydrogen) atoms. The van der Waals surface area contributed by atoms with Crippen LogP contribution < -0.4 is 0 Å². The summed E-state index contributed by atoms with van der Waals surface area (Å²) in [6.07, 6.45) is 4.93. The number of hydrogen-bond donors (Lipinski definition) is 2. The lowest BCUT2D eigenvalue weighted by atomic mass is 9.81. The zero-order valence-electron chi connectivity index (χ0n) is 39.1. The number of hydrogen-bond acceptors (Lipinski definition) is 14. The summed E-state index contributed by atoms with van der Waals surface area (Å²) < 4.78 is 35.9. The predicted octanol–water partition coefficient (Wildman–Crippen LogP) is 5.94. The number of ether oxygens (including phenoxy) is 6. The van der Waals surface area contributed by atoms with E-state index in [1.54, 1.807) is 27.0 Å². The third-order valence-corrected chi connectivity index (χ3v) is 14.4. The van der Waals surface area contributed by atoms with E-state index in [4.69, 9.17) is 28.4 Å². The van der Waals surface area contributed by atoms with Crippen molar-refractivity contribution in [3.8, 4) is 0 Å². The smallest absolute Gasteiger partial charge is 0.329 e. The van der Waals surface area contributed by atoms with Gasteiger partial charge in [0.15, 0.2) is 0 Å². The molecule has 0 aromatic carbocycles. The molecule has 1 saturated carbocycles. The Morgan fingerprint density at radius 2 is 1.65 bits per heavy atom. The summed E-state index contributed by atoms with van der Waals surface area (Å²) in [5.74, 6) is -7.15. The molecule has 0 unspecified atom stereocenters. The van der Waals surface area contributed by atoms with Gasteiger partial charge in [-0.25, -0.2) is 4.79 Å². The fourth-order valence-corrected chi connectivity index (χ4v) is 10.4. The van der Waals surface area contributed by atoms with Crippen LogP contribution >= 0.6 is 11.8 Å². The Balaban J connectivity index is 1.74. The van der Waals surface area contributed by atoms with Gasteiger partial charge in [0.05, 0.1) is 30.2 Å². The maximum absolute atomic E-state index is 14.5. The lowest BCUT2D eigenvalue weighted by Gasteiger charge is -2.47. The Morgan fingerprint density at radius 3 is 2.30 bits per heavy atom. The number of aliphatic hydroxyl groups excluding tert-OH is 1. The molecule has 0 aromatic heterocycles. The van der Waals surface area contributed by atoms with Crippen LogP contribution in [-0.4, -0.2) is 138 Å². The summed E-state index contributed by atoms with van der Waals surface area (Å²) in [4.78, 5) is 70.8. The van der Waals surface area contributed by atoms with Crippen LogP contribution in [0.1, 0.15) is 112 Å². The molecule has 3 heterocycles. The Morgan fingerprint density at radius 1 is 0.968 bits per heavy atom. The van der Waals surface area contributed by atoms with E-state index in [9.17, 15) is 34.2 Å². The average molecular weight is 906 g/mol. The normalized spacial score (nSPS) is 38.1. The van der Waals surface area contributed by atoms with Gasteiger partial charge in [-0.15, -0.1) is 6.58 Å². The van der Waals surface area contributed by atoms with Gasteiger partial charge in [-0.05, 0) is 101 Å². The highest BCUT2D eigenvalue weighted by atomic mass is 32.2. The number of thioether (sulfide) groups is 1. The molecular formula is C48H75NO13S. The number of Topliss-reactive ketones (excluding diaryl/α,β-unsaturated/α-hetero) is 2. The second kappa shape index (κ2) is 24.6. The Labute approximate surface area is 379 Å². The minimum Gasteiger partial charge on any atom is -0.459 e. The number of cyclic esters (lactones) is 1. The van der Waals surface area contributed by atoms with Crippen molar-refractivity contribution >= 4 is 41.2 Å². The first kappa shape index (κ1) is 52.7. The van der Waals surface area contributed by atoms with Crippen LogP contribution in [0, 0.1) is 29.6 Å². The molecule has 1 aliphatic carbocycles.